The van der Waals surface area contributed by atoms with E-state index in [-0.39, 0.29) is 11.5 Å². The number of aromatic nitrogens is 1. The van der Waals surface area contributed by atoms with Crippen molar-refractivity contribution in [2.24, 2.45) is 7.05 Å². The number of nitrogens with two attached hydrogens (primary N) is 1. The van der Waals surface area contributed by atoms with Crippen molar-refractivity contribution in [1.82, 2.24) is 4.57 Å². The van der Waals surface area contributed by atoms with Crippen LogP contribution in [0.1, 0.15) is 18.2 Å². The number of anilines is 1. The average Bonchev–Trinajstić information content (AvgIpc) is 2.45. The summed E-state index contributed by atoms with van der Waals surface area (Å²) in [5, 5.41) is 0.661. The third kappa shape index (κ3) is 1.23. The van der Waals surface area contributed by atoms with E-state index in [0.29, 0.717) is 5.39 Å². The molecule has 2 rings (SSSR count). The molecule has 0 aliphatic rings. The molecule has 0 saturated carbocycles. The van der Waals surface area contributed by atoms with Gasteiger partial charge in [-0.25, -0.2) is 4.39 Å². The largest absolute Gasteiger partial charge is 0.396 e. The minimum Gasteiger partial charge on any atom is -0.396 e. The fraction of sp³-hybridized carbons (Fsp3) is 0.333. The number of rotatable bonds is 1. The highest BCUT2D eigenvalue weighted by Gasteiger charge is 2.15. The van der Waals surface area contributed by atoms with E-state index in [9.17, 15) is 4.39 Å². The molecule has 0 atom stereocenters. The first-order chi connectivity index (χ1) is 7.07. The van der Waals surface area contributed by atoms with Crippen LogP contribution in [0.4, 0.5) is 10.1 Å². The van der Waals surface area contributed by atoms with E-state index in [4.69, 9.17) is 5.73 Å². The maximum absolute atomic E-state index is 13.9. The quantitative estimate of drug-likeness (QED) is 0.715. The highest BCUT2D eigenvalue weighted by atomic mass is 19.1. The third-order valence-corrected chi connectivity index (χ3v) is 3.06. The molecule has 0 aliphatic heterocycles. The lowest BCUT2D eigenvalue weighted by molar-refractivity contribution is 0.644. The topological polar surface area (TPSA) is 30.9 Å². The SMILES string of the molecule is CCc1c(C)c2c(F)c(N)ccc2n1C. The van der Waals surface area contributed by atoms with Crippen molar-refractivity contribution in [2.75, 3.05) is 5.73 Å². The zero-order valence-corrected chi connectivity index (χ0v) is 9.26. The molecule has 15 heavy (non-hydrogen) atoms. The first-order valence-corrected chi connectivity index (χ1v) is 5.09. The van der Waals surface area contributed by atoms with Crippen molar-refractivity contribution >= 4 is 16.6 Å². The number of hydrogen-bond donors (Lipinski definition) is 1. The van der Waals surface area contributed by atoms with Crippen molar-refractivity contribution in [3.05, 3.63) is 29.2 Å². The Bertz CT molecular complexity index is 526. The van der Waals surface area contributed by atoms with E-state index in [1.165, 1.54) is 0 Å². The standard InChI is InChI=1S/C12H15FN2/c1-4-9-7(2)11-10(15(9)3)6-5-8(14)12(11)13/h5-6H,4,14H2,1-3H3. The summed E-state index contributed by atoms with van der Waals surface area (Å²) in [5.41, 5.74) is 8.87. The van der Waals surface area contributed by atoms with Crippen LogP contribution in [-0.4, -0.2) is 4.57 Å². The molecule has 3 heteroatoms. The summed E-state index contributed by atoms with van der Waals surface area (Å²) >= 11 is 0. The summed E-state index contributed by atoms with van der Waals surface area (Å²) in [4.78, 5) is 0. The van der Waals surface area contributed by atoms with Gasteiger partial charge in [-0.2, -0.15) is 0 Å². The minimum absolute atomic E-state index is 0.221. The highest BCUT2D eigenvalue weighted by molar-refractivity contribution is 5.88. The maximum atomic E-state index is 13.9. The molecule has 80 valence electrons. The summed E-state index contributed by atoms with van der Waals surface area (Å²) < 4.78 is 15.9. The van der Waals surface area contributed by atoms with Crippen LogP contribution in [0.3, 0.4) is 0 Å². The van der Waals surface area contributed by atoms with Gasteiger partial charge < -0.3 is 10.3 Å². The summed E-state index contributed by atoms with van der Waals surface area (Å²) in [6.07, 6.45) is 0.899. The Labute approximate surface area is 88.5 Å². The first-order valence-electron chi connectivity index (χ1n) is 5.09. The Morgan fingerprint density at radius 2 is 2.07 bits per heavy atom. The highest BCUT2D eigenvalue weighted by Crippen LogP contribution is 2.30. The van der Waals surface area contributed by atoms with Crippen LogP contribution >= 0.6 is 0 Å². The predicted molar refractivity (Wildman–Crippen MR) is 61.4 cm³/mol. The van der Waals surface area contributed by atoms with E-state index in [1.807, 2.05) is 24.6 Å². The van der Waals surface area contributed by atoms with Gasteiger partial charge in [0.2, 0.25) is 0 Å². The van der Waals surface area contributed by atoms with Crippen LogP contribution in [0.2, 0.25) is 0 Å². The molecule has 0 bridgehead atoms. The fourth-order valence-electron chi connectivity index (χ4n) is 2.26. The van der Waals surface area contributed by atoms with Crippen molar-refractivity contribution in [3.63, 3.8) is 0 Å². The summed E-state index contributed by atoms with van der Waals surface area (Å²) in [5.74, 6) is -0.291. The Kier molecular flexibility index (Phi) is 2.18. The molecule has 0 unspecified atom stereocenters. The van der Waals surface area contributed by atoms with Gasteiger partial charge in [-0.05, 0) is 31.0 Å². The van der Waals surface area contributed by atoms with Crippen LogP contribution in [0.25, 0.3) is 10.9 Å². The minimum atomic E-state index is -0.291. The Hall–Kier alpha value is -1.51. The summed E-state index contributed by atoms with van der Waals surface area (Å²) in [6.45, 7) is 4.02. The number of benzene rings is 1. The normalized spacial score (nSPS) is 11.2. The van der Waals surface area contributed by atoms with Gasteiger partial charge in [-0.15, -0.1) is 0 Å². The summed E-state index contributed by atoms with van der Waals surface area (Å²) in [6, 6.07) is 3.50. The van der Waals surface area contributed by atoms with E-state index in [2.05, 4.69) is 6.92 Å². The monoisotopic (exact) mass is 206 g/mol. The van der Waals surface area contributed by atoms with Gasteiger partial charge in [-0.1, -0.05) is 6.92 Å². The molecule has 0 radical (unpaired) electrons. The summed E-state index contributed by atoms with van der Waals surface area (Å²) in [7, 11) is 1.96. The molecule has 2 N–H and O–H groups in total. The molecule has 2 aromatic rings. The van der Waals surface area contributed by atoms with Gasteiger partial charge in [0, 0.05) is 18.1 Å². The molecule has 0 aliphatic carbocycles. The predicted octanol–water partition coefficient (Wildman–Crippen LogP) is 2.77. The molecule has 0 spiro atoms. The molecular formula is C12H15FN2. The van der Waals surface area contributed by atoms with Crippen molar-refractivity contribution in [3.8, 4) is 0 Å². The van der Waals surface area contributed by atoms with Gasteiger partial charge in [0.25, 0.3) is 0 Å². The van der Waals surface area contributed by atoms with Crippen molar-refractivity contribution in [1.29, 1.82) is 0 Å². The number of fused-ring (bicyclic) bond motifs is 1. The number of halogens is 1. The van der Waals surface area contributed by atoms with Gasteiger partial charge in [0.05, 0.1) is 11.2 Å². The fourth-order valence-corrected chi connectivity index (χ4v) is 2.26. The molecule has 1 aromatic carbocycles. The second-order valence-electron chi connectivity index (χ2n) is 3.85. The molecule has 1 aromatic heterocycles. The van der Waals surface area contributed by atoms with Gasteiger partial charge in [0.1, 0.15) is 0 Å². The van der Waals surface area contributed by atoms with E-state index >= 15 is 0 Å². The lowest BCUT2D eigenvalue weighted by atomic mass is 10.1. The van der Waals surface area contributed by atoms with Crippen LogP contribution in [0, 0.1) is 12.7 Å². The van der Waals surface area contributed by atoms with Crippen LogP contribution in [-0.2, 0) is 13.5 Å². The smallest absolute Gasteiger partial charge is 0.155 e. The van der Waals surface area contributed by atoms with Gasteiger partial charge >= 0.3 is 0 Å². The van der Waals surface area contributed by atoms with E-state index in [0.717, 1.165) is 23.2 Å². The number of hydrogen-bond acceptors (Lipinski definition) is 1. The molecule has 2 nitrogen and oxygen atoms in total. The third-order valence-electron chi connectivity index (χ3n) is 3.06. The van der Waals surface area contributed by atoms with Crippen LogP contribution < -0.4 is 5.73 Å². The Balaban J connectivity index is 2.96. The number of aryl methyl sites for hydroxylation is 2. The van der Waals surface area contributed by atoms with Crippen LogP contribution in [0.15, 0.2) is 12.1 Å². The molecule has 0 saturated heterocycles. The second-order valence-corrected chi connectivity index (χ2v) is 3.85. The average molecular weight is 206 g/mol. The first kappa shape index (κ1) is 10.0. The lowest BCUT2D eigenvalue weighted by Crippen LogP contribution is -1.95. The van der Waals surface area contributed by atoms with Gasteiger partial charge in [-0.3, -0.25) is 0 Å². The van der Waals surface area contributed by atoms with E-state index in [1.54, 1.807) is 6.07 Å². The zero-order valence-electron chi connectivity index (χ0n) is 9.26. The number of nitrogens with zero attached hydrogens (tertiary/aromatic N) is 1. The Morgan fingerprint density at radius 1 is 1.40 bits per heavy atom. The van der Waals surface area contributed by atoms with Gasteiger partial charge in [0.15, 0.2) is 5.82 Å². The van der Waals surface area contributed by atoms with E-state index < -0.39 is 0 Å². The molecule has 0 fully saturated rings. The zero-order chi connectivity index (χ0) is 11.2. The second kappa shape index (κ2) is 3.26. The van der Waals surface area contributed by atoms with Crippen molar-refractivity contribution in [2.45, 2.75) is 20.3 Å². The molecular weight excluding hydrogens is 191 g/mol. The number of nitrogen functional groups attached to an aromatic ring is 1. The molecule has 0 amide bonds. The lowest BCUT2D eigenvalue weighted by Gasteiger charge is -2.01. The van der Waals surface area contributed by atoms with Crippen LogP contribution in [0.5, 0.6) is 0 Å². The van der Waals surface area contributed by atoms with Crippen molar-refractivity contribution < 1.29 is 4.39 Å². The maximum Gasteiger partial charge on any atom is 0.155 e. The Morgan fingerprint density at radius 3 is 2.67 bits per heavy atom. The molecule has 1 heterocycles.